The van der Waals surface area contributed by atoms with Crippen molar-refractivity contribution < 1.29 is 9.90 Å². The van der Waals surface area contributed by atoms with Crippen molar-refractivity contribution in [2.75, 3.05) is 0 Å². The fraction of sp³-hybridized carbons (Fsp3) is 0.793. The molecule has 0 aliphatic heterocycles. The molecule has 0 unspecified atom stereocenters. The van der Waals surface area contributed by atoms with Crippen molar-refractivity contribution in [3.63, 3.8) is 0 Å². The molecule has 0 aromatic carbocycles. The van der Waals surface area contributed by atoms with E-state index in [9.17, 15) is 15.2 Å². The molecular weight excluding hydrogens is 458 g/mol. The van der Waals surface area contributed by atoms with Crippen LogP contribution in [0.5, 0.6) is 0 Å². The number of nitrogens with zero attached hydrogens (tertiary/aromatic N) is 3. The summed E-state index contributed by atoms with van der Waals surface area (Å²) >= 11 is 6.11. The summed E-state index contributed by atoms with van der Waals surface area (Å²) in [6.07, 6.45) is 13.5. The van der Waals surface area contributed by atoms with E-state index in [2.05, 4.69) is 24.0 Å². The molecule has 5 nitrogen and oxygen atoms in total. The Bertz CT molecular complexity index is 1090. The van der Waals surface area contributed by atoms with Crippen LogP contribution in [0.2, 0.25) is 5.15 Å². The molecule has 35 heavy (non-hydrogen) atoms. The van der Waals surface area contributed by atoms with Gasteiger partial charge in [0.25, 0.3) is 0 Å². The first kappa shape index (κ1) is 23.8. The van der Waals surface area contributed by atoms with Gasteiger partial charge in [0, 0.05) is 11.8 Å². The maximum Gasteiger partial charge on any atom is 0.168 e. The lowest BCUT2D eigenvalue weighted by Crippen LogP contribution is -2.51. The number of hydrogen-bond donors (Lipinski definition) is 1. The second kappa shape index (κ2) is 8.47. The number of aliphatic hydroxyl groups is 1. The summed E-state index contributed by atoms with van der Waals surface area (Å²) in [5.74, 6) is 7.80. The lowest BCUT2D eigenvalue weighted by atomic mass is 9.48. The molecule has 6 heteroatoms. The minimum atomic E-state index is -0.476. The third kappa shape index (κ3) is 3.92. The summed E-state index contributed by atoms with van der Waals surface area (Å²) in [4.78, 5) is 12.4. The summed E-state index contributed by atoms with van der Waals surface area (Å²) in [6.45, 7) is 4.90. The molecule has 1 aromatic rings. The lowest BCUT2D eigenvalue weighted by Gasteiger charge is -2.58. The number of aromatic nitrogens is 2. The molecule has 0 amide bonds. The van der Waals surface area contributed by atoms with Crippen molar-refractivity contribution >= 4 is 17.5 Å². The molecule has 5 fully saturated rings. The van der Waals surface area contributed by atoms with Crippen molar-refractivity contribution in [2.24, 2.45) is 52.8 Å². The van der Waals surface area contributed by atoms with E-state index >= 15 is 0 Å². The van der Waals surface area contributed by atoms with Crippen molar-refractivity contribution in [3.8, 4) is 6.07 Å². The smallest absolute Gasteiger partial charge is 0.168 e. The third-order valence-electron chi connectivity index (χ3n) is 11.2. The Morgan fingerprint density at radius 3 is 2.54 bits per heavy atom. The molecule has 0 radical (unpaired) electrons. The van der Waals surface area contributed by atoms with Gasteiger partial charge >= 0.3 is 0 Å². The highest BCUT2D eigenvalue weighted by Gasteiger charge is 2.63. The molecule has 5 aliphatic carbocycles. The van der Waals surface area contributed by atoms with Crippen LogP contribution in [0.1, 0.15) is 83.6 Å². The van der Waals surface area contributed by atoms with Crippen LogP contribution in [0.25, 0.3) is 0 Å². The van der Waals surface area contributed by atoms with Crippen molar-refractivity contribution in [1.82, 2.24) is 9.78 Å². The maximum atomic E-state index is 12.4. The van der Waals surface area contributed by atoms with Gasteiger partial charge in [-0.1, -0.05) is 18.5 Å². The van der Waals surface area contributed by atoms with Crippen molar-refractivity contribution in [2.45, 2.75) is 90.2 Å². The topological polar surface area (TPSA) is 78.9 Å². The Morgan fingerprint density at radius 1 is 1.11 bits per heavy atom. The van der Waals surface area contributed by atoms with E-state index < -0.39 is 5.60 Å². The zero-order valence-electron chi connectivity index (χ0n) is 21.0. The molecule has 188 valence electrons. The van der Waals surface area contributed by atoms with Gasteiger partial charge in [0.15, 0.2) is 5.15 Å². The molecule has 1 aromatic heterocycles. The molecule has 6 rings (SSSR count). The molecule has 1 heterocycles. The average Bonchev–Trinajstić information content (AvgIpc) is 3.53. The minimum Gasteiger partial charge on any atom is -0.390 e. The fourth-order valence-corrected chi connectivity index (χ4v) is 9.94. The van der Waals surface area contributed by atoms with Gasteiger partial charge in [0.2, 0.25) is 0 Å². The number of nitriles is 1. The monoisotopic (exact) mass is 495 g/mol. The van der Waals surface area contributed by atoms with E-state index in [0.717, 1.165) is 48.5 Å². The molecule has 1 N–H and O–H groups in total. The Hall–Kier alpha value is -1.60. The Morgan fingerprint density at radius 2 is 1.86 bits per heavy atom. The number of fused-ring (bicyclic) bond motifs is 5. The average molecular weight is 496 g/mol. The summed E-state index contributed by atoms with van der Waals surface area (Å²) in [7, 11) is 0. The van der Waals surface area contributed by atoms with E-state index in [-0.39, 0.29) is 16.5 Å². The number of allylic oxidation sites excluding steroid dienone is 1. The van der Waals surface area contributed by atoms with Gasteiger partial charge in [-0.05, 0) is 124 Å². The highest BCUT2D eigenvalue weighted by molar-refractivity contribution is 6.30. The molecule has 0 saturated heterocycles. The van der Waals surface area contributed by atoms with Gasteiger partial charge in [-0.25, -0.2) is 4.79 Å². The zero-order valence-corrected chi connectivity index (χ0v) is 21.8. The van der Waals surface area contributed by atoms with Crippen LogP contribution < -0.4 is 0 Å². The first-order valence-corrected chi connectivity index (χ1v) is 14.2. The van der Waals surface area contributed by atoms with Gasteiger partial charge in [0.1, 0.15) is 17.6 Å². The predicted molar refractivity (Wildman–Crippen MR) is 134 cm³/mol. The van der Waals surface area contributed by atoms with E-state index in [1.54, 1.807) is 10.9 Å². The molecule has 0 spiro atoms. The molecule has 0 bridgehead atoms. The predicted octanol–water partition coefficient (Wildman–Crippen LogP) is 5.82. The number of halogens is 1. The number of rotatable bonds is 4. The standard InChI is InChI=1S/C29H38ClN3O2/c1-28(35)9-7-21-18(12-28)5-6-23-22(21)8-10-29(2)25(11-24(26(23)29)17-3-4-17)20(16-34)15-33-14-19(13-31)27(30)32-33/h14,17-18,21-26,35H,3-12,15H2,1-2H3/t18-,21+,22-,23-,24+,25-,26-,28-,29-/m1/s1. The van der Waals surface area contributed by atoms with E-state index in [1.165, 1.54) is 44.9 Å². The first-order valence-electron chi connectivity index (χ1n) is 13.8. The van der Waals surface area contributed by atoms with Crippen LogP contribution in [0.4, 0.5) is 0 Å². The summed E-state index contributed by atoms with van der Waals surface area (Å²) < 4.78 is 1.66. The molecule has 5 saturated carbocycles. The third-order valence-corrected chi connectivity index (χ3v) is 11.5. The molecule has 5 aliphatic rings. The summed E-state index contributed by atoms with van der Waals surface area (Å²) in [5.41, 5.74) is 0.817. The number of hydrogen-bond acceptors (Lipinski definition) is 4. The van der Waals surface area contributed by atoms with E-state index in [0.29, 0.717) is 29.9 Å². The van der Waals surface area contributed by atoms with Crippen LogP contribution in [0.15, 0.2) is 11.8 Å². The lowest BCUT2D eigenvalue weighted by molar-refractivity contribution is -0.106. The van der Waals surface area contributed by atoms with Crippen LogP contribution >= 0.6 is 11.6 Å². The van der Waals surface area contributed by atoms with Gasteiger partial charge in [-0.15, -0.1) is 0 Å². The van der Waals surface area contributed by atoms with Gasteiger partial charge in [-0.2, -0.15) is 10.4 Å². The van der Waals surface area contributed by atoms with Crippen LogP contribution in [0.3, 0.4) is 0 Å². The second-order valence-corrected chi connectivity index (χ2v) is 13.6. The van der Waals surface area contributed by atoms with E-state index in [4.69, 9.17) is 11.6 Å². The van der Waals surface area contributed by atoms with Crippen molar-refractivity contribution in [1.29, 1.82) is 5.26 Å². The second-order valence-electron chi connectivity index (χ2n) is 13.2. The Kier molecular flexibility index (Phi) is 5.76. The van der Waals surface area contributed by atoms with Gasteiger partial charge in [0.05, 0.1) is 12.1 Å². The Labute approximate surface area is 213 Å². The minimum absolute atomic E-state index is 0.128. The maximum absolute atomic E-state index is 12.4. The van der Waals surface area contributed by atoms with Gasteiger partial charge < -0.3 is 5.11 Å². The van der Waals surface area contributed by atoms with E-state index in [1.807, 2.05) is 6.92 Å². The summed E-state index contributed by atoms with van der Waals surface area (Å²) in [6, 6.07) is 2.08. The van der Waals surface area contributed by atoms with Gasteiger partial charge in [-0.3, -0.25) is 4.68 Å². The highest BCUT2D eigenvalue weighted by Crippen LogP contribution is 2.70. The zero-order chi connectivity index (χ0) is 24.5. The molecular formula is C29H38ClN3O2. The SMILES string of the molecule is C[C@@]1(O)CC[C@H]2[C@H](CC[C@@H]3[C@@H]2CC[C@@]2(C)[C@H]3[C@H](C3CC3)C[C@@H]2C(=C=O)Cn2cc(C#N)c(Cl)n2)C1. The summed E-state index contributed by atoms with van der Waals surface area (Å²) in [5, 5.41) is 24.5. The fourth-order valence-electron chi connectivity index (χ4n) is 9.75. The van der Waals surface area contributed by atoms with Crippen LogP contribution in [-0.2, 0) is 11.3 Å². The quantitative estimate of drug-likeness (QED) is 0.533. The first-order chi connectivity index (χ1) is 16.7. The largest absolute Gasteiger partial charge is 0.390 e. The Balaban J connectivity index is 1.28. The van der Waals surface area contributed by atoms with Crippen molar-refractivity contribution in [3.05, 3.63) is 22.5 Å². The molecule has 9 atom stereocenters. The van der Waals surface area contributed by atoms with Crippen LogP contribution in [-0.4, -0.2) is 26.4 Å². The highest BCUT2D eigenvalue weighted by atomic mass is 35.5. The van der Waals surface area contributed by atoms with Crippen LogP contribution in [0, 0.1) is 64.1 Å². The normalized spacial score (nSPS) is 44.5. The number of carbonyl (C=O) groups excluding carboxylic acids is 1.